The van der Waals surface area contributed by atoms with Crippen LogP contribution in [0.2, 0.25) is 0 Å². The lowest BCUT2D eigenvalue weighted by atomic mass is 9.48. The molecule has 0 aromatic heterocycles. The van der Waals surface area contributed by atoms with Crippen LogP contribution < -0.4 is 0 Å². The zero-order valence-electron chi connectivity index (χ0n) is 14.5. The first kappa shape index (κ1) is 20.3. The van der Waals surface area contributed by atoms with Crippen molar-refractivity contribution in [3.8, 4) is 0 Å². The van der Waals surface area contributed by atoms with Crippen molar-refractivity contribution in [2.24, 2.45) is 17.3 Å². The maximum Gasteiger partial charge on any atom is 0.363 e. The van der Waals surface area contributed by atoms with E-state index in [-0.39, 0.29) is 6.79 Å². The van der Waals surface area contributed by atoms with Gasteiger partial charge in [0.05, 0.1) is 24.0 Å². The van der Waals surface area contributed by atoms with Crippen molar-refractivity contribution in [3.05, 3.63) is 0 Å². The van der Waals surface area contributed by atoms with Crippen molar-refractivity contribution in [3.63, 3.8) is 0 Å². The van der Waals surface area contributed by atoms with E-state index in [1.807, 2.05) is 0 Å². The number of hydrogen-bond donors (Lipinski definition) is 0. The molecule has 0 saturated heterocycles. The first-order valence-corrected chi connectivity index (χ1v) is 9.55. The maximum atomic E-state index is 13.3. The van der Waals surface area contributed by atoms with Crippen LogP contribution in [-0.2, 0) is 19.0 Å². The van der Waals surface area contributed by atoms with E-state index < -0.39 is 40.8 Å². The molecule has 4 aliphatic rings. The van der Waals surface area contributed by atoms with E-state index in [0.29, 0.717) is 31.1 Å². The molecule has 4 fully saturated rings. The first-order valence-electron chi connectivity index (χ1n) is 8.76. The van der Waals surface area contributed by atoms with Gasteiger partial charge in [0.15, 0.2) is 0 Å². The van der Waals surface area contributed by atoms with Crippen LogP contribution in [0.25, 0.3) is 0 Å². The van der Waals surface area contributed by atoms with E-state index in [2.05, 4.69) is 0 Å². The van der Waals surface area contributed by atoms with Gasteiger partial charge in [-0.25, -0.2) is 0 Å². The second kappa shape index (κ2) is 6.88. The summed E-state index contributed by atoms with van der Waals surface area (Å²) in [5.74, 6) is -4.19. The highest BCUT2D eigenvalue weighted by Gasteiger charge is 2.62. The van der Waals surface area contributed by atoms with Crippen molar-refractivity contribution in [1.29, 1.82) is 0 Å². The molecule has 0 radical (unpaired) electrons. The third-order valence-corrected chi connectivity index (χ3v) is 6.57. The predicted octanol–water partition coefficient (Wildman–Crippen LogP) is 4.50. The molecular weight excluding hydrogens is 424 g/mol. The number of ether oxygens (including phenoxy) is 3. The molecule has 0 heterocycles. The van der Waals surface area contributed by atoms with Gasteiger partial charge in [0.2, 0.25) is 0 Å². The number of carbonyl (C=O) groups excluding carboxylic acids is 1. The molecule has 0 N–H and O–H groups in total. The van der Waals surface area contributed by atoms with Gasteiger partial charge in [0.25, 0.3) is 0 Å². The van der Waals surface area contributed by atoms with Crippen molar-refractivity contribution < 1.29 is 36.6 Å². The van der Waals surface area contributed by atoms with Gasteiger partial charge in [-0.3, -0.25) is 4.79 Å². The number of alkyl halides is 5. The average molecular weight is 447 g/mol. The third-order valence-electron chi connectivity index (χ3n) is 5.99. The maximum absolute atomic E-state index is 13.3. The Morgan fingerprint density at radius 2 is 1.77 bits per heavy atom. The number of esters is 1. The van der Waals surface area contributed by atoms with Gasteiger partial charge in [-0.05, 0) is 66.3 Å². The minimum Gasteiger partial charge on any atom is -0.465 e. The van der Waals surface area contributed by atoms with E-state index in [1.54, 1.807) is 15.9 Å². The summed E-state index contributed by atoms with van der Waals surface area (Å²) in [7, 11) is 1.53. The third kappa shape index (κ3) is 3.76. The van der Waals surface area contributed by atoms with E-state index in [9.17, 15) is 22.4 Å². The topological polar surface area (TPSA) is 44.8 Å². The van der Waals surface area contributed by atoms with Gasteiger partial charge in [0.1, 0.15) is 6.79 Å². The lowest BCUT2D eigenvalue weighted by molar-refractivity contribution is -0.232. The van der Waals surface area contributed by atoms with Crippen LogP contribution in [0.3, 0.4) is 0 Å². The lowest BCUT2D eigenvalue weighted by Crippen LogP contribution is -2.59. The SMILES string of the molecule is COCOC12CC3CC(C1)CC(C(=O)OCCC(F)(F)C(F)(F)Br)(C3)C2. The second-order valence-electron chi connectivity index (χ2n) is 8.06. The Bertz CT molecular complexity index is 537. The van der Waals surface area contributed by atoms with Crippen LogP contribution in [0.5, 0.6) is 0 Å². The van der Waals surface area contributed by atoms with Crippen molar-refractivity contribution in [2.75, 3.05) is 20.5 Å². The summed E-state index contributed by atoms with van der Waals surface area (Å²) in [6.45, 7) is -0.604. The monoisotopic (exact) mass is 446 g/mol. The molecule has 0 aliphatic heterocycles. The Kier molecular flexibility index (Phi) is 5.38. The zero-order valence-corrected chi connectivity index (χ0v) is 16.1. The first-order chi connectivity index (χ1) is 12.0. The van der Waals surface area contributed by atoms with Crippen LogP contribution in [0.15, 0.2) is 0 Å². The summed E-state index contributed by atoms with van der Waals surface area (Å²) in [5, 5.41) is 0. The normalized spacial score (nSPS) is 36.4. The summed E-state index contributed by atoms with van der Waals surface area (Å²) in [6, 6.07) is 0. The molecule has 4 nitrogen and oxygen atoms in total. The molecule has 0 aromatic rings. The zero-order chi connectivity index (χ0) is 19.2. The Hall–Kier alpha value is -0.410. The minimum atomic E-state index is -4.33. The molecule has 4 rings (SSSR count). The summed E-state index contributed by atoms with van der Waals surface area (Å²) in [5.41, 5.74) is -1.20. The summed E-state index contributed by atoms with van der Waals surface area (Å²) in [6.07, 6.45) is 3.27. The van der Waals surface area contributed by atoms with Gasteiger partial charge in [-0.2, -0.15) is 17.6 Å². The Balaban J connectivity index is 1.64. The molecule has 0 spiro atoms. The molecule has 0 amide bonds. The molecule has 2 unspecified atom stereocenters. The van der Waals surface area contributed by atoms with Crippen molar-refractivity contribution in [2.45, 2.75) is 61.3 Å². The standard InChI is InChI=1S/C17H23BrF4O4/c1-24-10-26-15-7-11-4-12(8-15)6-14(5-11,9-15)13(23)25-3-2-16(19,20)17(18,21)22/h11-12H,2-10H2,1H3. The molecule has 4 saturated carbocycles. The molecule has 26 heavy (non-hydrogen) atoms. The van der Waals surface area contributed by atoms with Gasteiger partial charge in [0, 0.05) is 7.11 Å². The van der Waals surface area contributed by atoms with Crippen LogP contribution in [-0.4, -0.2) is 42.8 Å². The Morgan fingerprint density at radius 3 is 2.31 bits per heavy atom. The van der Waals surface area contributed by atoms with E-state index in [4.69, 9.17) is 14.2 Å². The van der Waals surface area contributed by atoms with Crippen LogP contribution in [0, 0.1) is 17.3 Å². The summed E-state index contributed by atoms with van der Waals surface area (Å²) < 4.78 is 68.2. The smallest absolute Gasteiger partial charge is 0.363 e. The minimum absolute atomic E-state index is 0.136. The van der Waals surface area contributed by atoms with Gasteiger partial charge in [-0.15, -0.1) is 0 Å². The van der Waals surface area contributed by atoms with E-state index in [1.165, 1.54) is 7.11 Å². The van der Waals surface area contributed by atoms with Crippen LogP contribution >= 0.6 is 15.9 Å². The van der Waals surface area contributed by atoms with E-state index in [0.717, 1.165) is 19.3 Å². The second-order valence-corrected chi connectivity index (χ2v) is 9.06. The number of halogens is 5. The highest BCUT2D eigenvalue weighted by atomic mass is 79.9. The van der Waals surface area contributed by atoms with Gasteiger partial charge < -0.3 is 14.2 Å². The number of methoxy groups -OCH3 is 1. The van der Waals surface area contributed by atoms with Gasteiger partial charge >= 0.3 is 16.7 Å². The largest absolute Gasteiger partial charge is 0.465 e. The molecule has 0 aromatic carbocycles. The van der Waals surface area contributed by atoms with Crippen LogP contribution in [0.1, 0.15) is 44.9 Å². The molecule has 9 heteroatoms. The van der Waals surface area contributed by atoms with Crippen molar-refractivity contribution in [1.82, 2.24) is 0 Å². The van der Waals surface area contributed by atoms with Crippen LogP contribution in [0.4, 0.5) is 17.6 Å². The highest BCUT2D eigenvalue weighted by molar-refractivity contribution is 9.10. The predicted molar refractivity (Wildman–Crippen MR) is 87.2 cm³/mol. The Labute approximate surface area is 158 Å². The molecule has 2 atom stereocenters. The fourth-order valence-corrected chi connectivity index (χ4v) is 5.54. The average Bonchev–Trinajstić information content (AvgIpc) is 2.50. The number of rotatable bonds is 8. The Morgan fingerprint density at radius 1 is 1.15 bits per heavy atom. The molecule has 150 valence electrons. The fraction of sp³-hybridized carbons (Fsp3) is 0.941. The molecular formula is C17H23BrF4O4. The lowest BCUT2D eigenvalue weighted by Gasteiger charge is -2.60. The van der Waals surface area contributed by atoms with E-state index >= 15 is 0 Å². The molecule has 4 aliphatic carbocycles. The summed E-state index contributed by atoms with van der Waals surface area (Å²) in [4.78, 5) is 8.37. The van der Waals surface area contributed by atoms with Crippen molar-refractivity contribution >= 4 is 21.9 Å². The highest BCUT2D eigenvalue weighted by Crippen LogP contribution is 2.63. The fourth-order valence-electron chi connectivity index (χ4n) is 5.34. The number of hydrogen-bond acceptors (Lipinski definition) is 4. The number of carbonyl (C=O) groups is 1. The quantitative estimate of drug-likeness (QED) is 0.238. The van der Waals surface area contributed by atoms with Gasteiger partial charge in [-0.1, -0.05) is 0 Å². The molecule has 4 bridgehead atoms. The summed E-state index contributed by atoms with van der Waals surface area (Å²) >= 11 is 1.68.